The lowest BCUT2D eigenvalue weighted by molar-refractivity contribution is 0.0954. The Hall–Kier alpha value is -2.17. The first-order chi connectivity index (χ1) is 12.3. The van der Waals surface area contributed by atoms with Crippen LogP contribution in [0.3, 0.4) is 0 Å². The lowest BCUT2D eigenvalue weighted by Gasteiger charge is -2.12. The molecule has 142 valence electrons. The highest BCUT2D eigenvalue weighted by atomic mass is 127. The van der Waals surface area contributed by atoms with Gasteiger partial charge in [-0.15, -0.1) is 24.0 Å². The van der Waals surface area contributed by atoms with E-state index in [2.05, 4.69) is 31.0 Å². The summed E-state index contributed by atoms with van der Waals surface area (Å²) in [6, 6.07) is 5.39. The summed E-state index contributed by atoms with van der Waals surface area (Å²) in [5.74, 6) is 0.620. The van der Waals surface area contributed by atoms with E-state index < -0.39 is 0 Å². The minimum Gasteiger partial charge on any atom is -0.357 e. The number of nitrogens with one attached hydrogen (secondary N) is 3. The van der Waals surface area contributed by atoms with Gasteiger partial charge in [0, 0.05) is 57.5 Å². The molecule has 8 nitrogen and oxygen atoms in total. The van der Waals surface area contributed by atoms with Crippen molar-refractivity contribution in [2.24, 2.45) is 4.99 Å². The van der Waals surface area contributed by atoms with E-state index in [1.165, 1.54) is 0 Å². The second-order valence-electron chi connectivity index (χ2n) is 5.31. The molecule has 2 rings (SSSR count). The molecule has 0 aromatic carbocycles. The highest BCUT2D eigenvalue weighted by Gasteiger charge is 2.04. The minimum absolute atomic E-state index is 0. The predicted molar refractivity (Wildman–Crippen MR) is 113 cm³/mol. The van der Waals surface area contributed by atoms with Gasteiger partial charge < -0.3 is 16.0 Å². The zero-order valence-electron chi connectivity index (χ0n) is 14.9. The van der Waals surface area contributed by atoms with Gasteiger partial charge >= 0.3 is 0 Å². The van der Waals surface area contributed by atoms with Gasteiger partial charge in [-0.1, -0.05) is 0 Å². The van der Waals surface area contributed by atoms with Crippen molar-refractivity contribution in [3.8, 4) is 0 Å². The van der Waals surface area contributed by atoms with Gasteiger partial charge in [-0.25, -0.2) is 0 Å². The van der Waals surface area contributed by atoms with E-state index in [0.717, 1.165) is 25.5 Å². The monoisotopic (exact) mass is 471 g/mol. The van der Waals surface area contributed by atoms with Crippen LogP contribution in [0, 0.1) is 0 Å². The third-order valence-corrected chi connectivity index (χ3v) is 3.35. The van der Waals surface area contributed by atoms with E-state index in [1.807, 2.05) is 23.9 Å². The maximum absolute atomic E-state index is 11.9. The van der Waals surface area contributed by atoms with E-state index in [-0.39, 0.29) is 29.9 Å². The molecule has 0 unspecified atom stereocenters. The Morgan fingerprint density at radius 3 is 2.73 bits per heavy atom. The van der Waals surface area contributed by atoms with Crippen LogP contribution in [0.4, 0.5) is 0 Å². The second-order valence-corrected chi connectivity index (χ2v) is 5.31. The van der Waals surface area contributed by atoms with Crippen LogP contribution in [-0.2, 0) is 6.54 Å². The van der Waals surface area contributed by atoms with Gasteiger partial charge in [-0.3, -0.25) is 19.5 Å². The largest absolute Gasteiger partial charge is 0.357 e. The summed E-state index contributed by atoms with van der Waals surface area (Å²) in [7, 11) is 0. The molecule has 0 aliphatic heterocycles. The van der Waals surface area contributed by atoms with Gasteiger partial charge in [0.25, 0.3) is 5.91 Å². The quantitative estimate of drug-likeness (QED) is 0.222. The number of aryl methyl sites for hydroxylation is 1. The van der Waals surface area contributed by atoms with Crippen molar-refractivity contribution in [2.75, 3.05) is 26.2 Å². The lowest BCUT2D eigenvalue weighted by Crippen LogP contribution is -2.41. The number of halogens is 1. The van der Waals surface area contributed by atoms with Crippen molar-refractivity contribution in [2.45, 2.75) is 19.9 Å². The van der Waals surface area contributed by atoms with E-state index in [9.17, 15) is 4.79 Å². The number of pyridine rings is 1. The fourth-order valence-electron chi connectivity index (χ4n) is 2.15. The van der Waals surface area contributed by atoms with Crippen molar-refractivity contribution in [1.82, 2.24) is 30.7 Å². The van der Waals surface area contributed by atoms with Gasteiger partial charge in [0.15, 0.2) is 5.96 Å². The summed E-state index contributed by atoms with van der Waals surface area (Å²) in [4.78, 5) is 20.4. The zero-order chi connectivity index (χ0) is 17.7. The summed E-state index contributed by atoms with van der Waals surface area (Å²) < 4.78 is 1.89. The molecule has 0 bridgehead atoms. The maximum Gasteiger partial charge on any atom is 0.252 e. The summed E-state index contributed by atoms with van der Waals surface area (Å²) in [6.45, 7) is 5.45. The van der Waals surface area contributed by atoms with Crippen molar-refractivity contribution in [3.05, 3.63) is 48.5 Å². The molecule has 0 atom stereocenters. The molecule has 0 saturated heterocycles. The first kappa shape index (κ1) is 21.9. The minimum atomic E-state index is -0.129. The van der Waals surface area contributed by atoms with Gasteiger partial charge in [0.1, 0.15) is 0 Å². The van der Waals surface area contributed by atoms with Gasteiger partial charge in [0.05, 0.1) is 5.56 Å². The van der Waals surface area contributed by atoms with E-state index >= 15 is 0 Å². The molecule has 26 heavy (non-hydrogen) atoms. The Balaban J connectivity index is 0.00000338. The Bertz CT molecular complexity index is 646. The average Bonchev–Trinajstić information content (AvgIpc) is 3.16. The molecular formula is C17H26IN7O. The molecular weight excluding hydrogens is 445 g/mol. The SMILES string of the molecule is CCNC(=NCCCn1cccn1)NCCNC(=O)c1cccnc1.I. The zero-order valence-corrected chi connectivity index (χ0v) is 17.2. The number of carbonyl (C=O) groups is 1. The van der Waals surface area contributed by atoms with Crippen LogP contribution in [0.25, 0.3) is 0 Å². The van der Waals surface area contributed by atoms with Crippen LogP contribution in [0.15, 0.2) is 48.0 Å². The molecule has 1 amide bonds. The number of rotatable bonds is 9. The van der Waals surface area contributed by atoms with Gasteiger partial charge in [-0.05, 0) is 31.5 Å². The van der Waals surface area contributed by atoms with Crippen LogP contribution < -0.4 is 16.0 Å². The molecule has 2 aromatic rings. The normalized spacial score (nSPS) is 10.7. The number of aliphatic imine (C=N–C) groups is 1. The molecule has 9 heteroatoms. The Labute approximate surface area is 170 Å². The van der Waals surface area contributed by atoms with Crippen LogP contribution in [0.2, 0.25) is 0 Å². The number of carbonyl (C=O) groups excluding carboxylic acids is 1. The van der Waals surface area contributed by atoms with Crippen LogP contribution in [0.1, 0.15) is 23.7 Å². The average molecular weight is 471 g/mol. The van der Waals surface area contributed by atoms with E-state index in [4.69, 9.17) is 0 Å². The van der Waals surface area contributed by atoms with Gasteiger partial charge in [-0.2, -0.15) is 5.10 Å². The number of nitrogens with zero attached hydrogens (tertiary/aromatic N) is 4. The molecule has 0 aliphatic carbocycles. The van der Waals surface area contributed by atoms with Crippen molar-refractivity contribution >= 4 is 35.8 Å². The highest BCUT2D eigenvalue weighted by molar-refractivity contribution is 14.0. The van der Waals surface area contributed by atoms with Crippen LogP contribution in [-0.4, -0.2) is 52.8 Å². The number of aromatic nitrogens is 3. The number of hydrogen-bond acceptors (Lipinski definition) is 4. The number of hydrogen-bond donors (Lipinski definition) is 3. The van der Waals surface area contributed by atoms with Crippen molar-refractivity contribution < 1.29 is 4.79 Å². The summed E-state index contributed by atoms with van der Waals surface area (Å²) in [6.07, 6.45) is 7.82. The number of guanidine groups is 1. The first-order valence-electron chi connectivity index (χ1n) is 8.47. The Morgan fingerprint density at radius 2 is 2.04 bits per heavy atom. The summed E-state index contributed by atoms with van der Waals surface area (Å²) in [5.41, 5.74) is 0.557. The smallest absolute Gasteiger partial charge is 0.252 e. The second kappa shape index (κ2) is 13.1. The Morgan fingerprint density at radius 1 is 1.19 bits per heavy atom. The maximum atomic E-state index is 11.9. The van der Waals surface area contributed by atoms with Crippen molar-refractivity contribution in [3.63, 3.8) is 0 Å². The van der Waals surface area contributed by atoms with E-state index in [1.54, 1.807) is 30.7 Å². The predicted octanol–water partition coefficient (Wildman–Crippen LogP) is 1.27. The molecule has 2 aromatic heterocycles. The molecule has 0 spiro atoms. The molecule has 0 saturated carbocycles. The lowest BCUT2D eigenvalue weighted by atomic mass is 10.3. The number of amides is 1. The first-order valence-corrected chi connectivity index (χ1v) is 8.47. The molecule has 3 N–H and O–H groups in total. The molecule has 0 fully saturated rings. The summed E-state index contributed by atoms with van der Waals surface area (Å²) >= 11 is 0. The Kier molecular flexibility index (Phi) is 11.0. The fourth-order valence-corrected chi connectivity index (χ4v) is 2.15. The fraction of sp³-hybridized carbons (Fsp3) is 0.412. The third-order valence-electron chi connectivity index (χ3n) is 3.35. The summed E-state index contributed by atoms with van der Waals surface area (Å²) in [5, 5.41) is 13.4. The topological polar surface area (TPSA) is 96.2 Å². The molecule has 0 radical (unpaired) electrons. The van der Waals surface area contributed by atoms with Crippen LogP contribution >= 0.6 is 24.0 Å². The molecule has 0 aliphatic rings. The van der Waals surface area contributed by atoms with Gasteiger partial charge in [0.2, 0.25) is 0 Å². The molecule has 2 heterocycles. The standard InChI is InChI=1S/C17H25N7O.HI/c1-2-19-17(21-8-4-12-24-13-5-9-23-24)22-11-10-20-16(25)15-6-3-7-18-14-15;/h3,5-7,9,13-14H,2,4,8,10-12H2,1H3,(H,20,25)(H2,19,21,22);1H. The van der Waals surface area contributed by atoms with E-state index in [0.29, 0.717) is 25.2 Å². The van der Waals surface area contributed by atoms with Crippen molar-refractivity contribution in [1.29, 1.82) is 0 Å². The third kappa shape index (κ3) is 8.28. The van der Waals surface area contributed by atoms with Crippen LogP contribution in [0.5, 0.6) is 0 Å². The highest BCUT2D eigenvalue weighted by Crippen LogP contribution is 1.94.